The van der Waals surface area contributed by atoms with Crippen LogP contribution in [0.4, 0.5) is 0 Å². The van der Waals surface area contributed by atoms with Crippen molar-refractivity contribution in [3.05, 3.63) is 69.8 Å². The Morgan fingerprint density at radius 1 is 1.07 bits per heavy atom. The molecule has 0 unspecified atom stereocenters. The van der Waals surface area contributed by atoms with Gasteiger partial charge in [0, 0.05) is 31.4 Å². The largest absolute Gasteiger partial charge is 0.446 e. The Morgan fingerprint density at radius 2 is 1.88 bits per heavy atom. The van der Waals surface area contributed by atoms with Crippen molar-refractivity contribution >= 4 is 35.0 Å². The maximum atomic E-state index is 13.5. The molecule has 5 rings (SSSR count). The third-order valence-electron chi connectivity index (χ3n) is 7.60. The fourth-order valence-electron chi connectivity index (χ4n) is 5.26. The minimum atomic E-state index is -0.668. The lowest BCUT2D eigenvalue weighted by Crippen LogP contribution is -2.49. The third-order valence-corrected chi connectivity index (χ3v) is 8.53. The zero-order valence-electron chi connectivity index (χ0n) is 24.3. The van der Waals surface area contributed by atoms with E-state index in [0.717, 1.165) is 24.9 Å². The lowest BCUT2D eigenvalue weighted by molar-refractivity contribution is -0.140. The first-order chi connectivity index (χ1) is 20.8. The standard InChI is InChI=1S/C30H37N7O5S/c1-18(2)25-29-35-23(17-43-29)27(40)33-21(13-19-7-4-3-5-8-19)28-34-22(16-42-28)26(39)32-11-12-37(15-24(38)36-25)30(41)20-9-6-10-31-14-20/h3-5,7-8,16-18,20-21,25,31H,6,9-15H2,1-2H3,(H,32,39)(H,33,40)(H,36,38)/t20-,21-,25-/m0/s1. The smallest absolute Gasteiger partial charge is 0.273 e. The number of carbonyl (C=O) groups is 4. The van der Waals surface area contributed by atoms with Gasteiger partial charge in [0.2, 0.25) is 17.7 Å². The molecule has 1 aromatic carbocycles. The summed E-state index contributed by atoms with van der Waals surface area (Å²) in [4.78, 5) is 63.6. The molecule has 4 heterocycles. The highest BCUT2D eigenvalue weighted by Gasteiger charge is 2.30. The quantitative estimate of drug-likeness (QED) is 0.352. The first-order valence-corrected chi connectivity index (χ1v) is 15.5. The van der Waals surface area contributed by atoms with E-state index < -0.39 is 23.9 Å². The van der Waals surface area contributed by atoms with E-state index in [1.165, 1.54) is 22.5 Å². The Bertz CT molecular complexity index is 1430. The molecule has 12 nitrogen and oxygen atoms in total. The minimum absolute atomic E-state index is 0.0286. The average molecular weight is 608 g/mol. The van der Waals surface area contributed by atoms with Crippen LogP contribution in [0.15, 0.2) is 46.4 Å². The normalized spacial score (nSPS) is 22.3. The van der Waals surface area contributed by atoms with E-state index >= 15 is 0 Å². The van der Waals surface area contributed by atoms with Crippen molar-refractivity contribution in [2.45, 2.75) is 45.2 Å². The molecule has 13 heteroatoms. The van der Waals surface area contributed by atoms with Crippen LogP contribution in [-0.4, -0.2) is 71.2 Å². The van der Waals surface area contributed by atoms with Gasteiger partial charge in [-0.1, -0.05) is 44.2 Å². The van der Waals surface area contributed by atoms with Gasteiger partial charge >= 0.3 is 0 Å². The van der Waals surface area contributed by atoms with Gasteiger partial charge in [-0.15, -0.1) is 11.3 Å². The van der Waals surface area contributed by atoms with Crippen LogP contribution in [0.3, 0.4) is 0 Å². The molecule has 0 radical (unpaired) electrons. The van der Waals surface area contributed by atoms with E-state index in [1.54, 1.807) is 5.38 Å². The van der Waals surface area contributed by atoms with Gasteiger partial charge in [0.1, 0.15) is 23.0 Å². The Labute approximate surface area is 254 Å². The Morgan fingerprint density at radius 3 is 2.63 bits per heavy atom. The summed E-state index contributed by atoms with van der Waals surface area (Å²) in [5, 5.41) is 14.3. The van der Waals surface area contributed by atoms with Gasteiger partial charge in [0.05, 0.1) is 18.5 Å². The molecule has 3 atom stereocenters. The van der Waals surface area contributed by atoms with Gasteiger partial charge in [-0.05, 0) is 30.9 Å². The summed E-state index contributed by atoms with van der Waals surface area (Å²) in [6.07, 6.45) is 3.24. The molecular weight excluding hydrogens is 570 g/mol. The molecule has 2 aliphatic rings. The average Bonchev–Trinajstić information content (AvgIpc) is 3.70. The fraction of sp³-hybridized carbons (Fsp3) is 0.467. The van der Waals surface area contributed by atoms with Gasteiger partial charge in [0.25, 0.3) is 11.8 Å². The molecule has 43 heavy (non-hydrogen) atoms. The van der Waals surface area contributed by atoms with Gasteiger partial charge in [-0.25, -0.2) is 9.97 Å². The van der Waals surface area contributed by atoms with Crippen molar-refractivity contribution in [1.29, 1.82) is 0 Å². The summed E-state index contributed by atoms with van der Waals surface area (Å²) < 4.78 is 5.69. The summed E-state index contributed by atoms with van der Waals surface area (Å²) in [6, 6.07) is 8.44. The number of amides is 4. The van der Waals surface area contributed by atoms with Crippen LogP contribution in [0.2, 0.25) is 0 Å². The lowest BCUT2D eigenvalue weighted by atomic mass is 9.98. The number of aromatic nitrogens is 2. The number of hydrogen-bond donors (Lipinski definition) is 4. The summed E-state index contributed by atoms with van der Waals surface area (Å²) in [5.74, 6) is -1.47. The van der Waals surface area contributed by atoms with E-state index in [9.17, 15) is 19.2 Å². The van der Waals surface area contributed by atoms with Crippen molar-refractivity contribution in [3.8, 4) is 0 Å². The van der Waals surface area contributed by atoms with Crippen LogP contribution in [0.1, 0.15) is 76.2 Å². The van der Waals surface area contributed by atoms with Crippen LogP contribution < -0.4 is 21.3 Å². The van der Waals surface area contributed by atoms with Crippen LogP contribution in [0, 0.1) is 11.8 Å². The Balaban J connectivity index is 1.44. The minimum Gasteiger partial charge on any atom is -0.446 e. The molecule has 4 bridgehead atoms. The zero-order chi connectivity index (χ0) is 30.3. The molecule has 3 aromatic rings. The summed E-state index contributed by atoms with van der Waals surface area (Å²) >= 11 is 1.29. The zero-order valence-corrected chi connectivity index (χ0v) is 25.1. The molecule has 0 saturated carbocycles. The lowest BCUT2D eigenvalue weighted by Gasteiger charge is -2.30. The summed E-state index contributed by atoms with van der Waals surface area (Å²) in [5.41, 5.74) is 1.19. The van der Waals surface area contributed by atoms with E-state index in [0.29, 0.717) is 18.0 Å². The number of rotatable bonds is 4. The number of nitrogens with one attached hydrogen (secondary N) is 4. The predicted molar refractivity (Wildman–Crippen MR) is 159 cm³/mol. The monoisotopic (exact) mass is 607 g/mol. The molecule has 1 fully saturated rings. The second-order valence-electron chi connectivity index (χ2n) is 11.2. The van der Waals surface area contributed by atoms with Crippen LogP contribution in [-0.2, 0) is 16.0 Å². The van der Waals surface area contributed by atoms with Crippen LogP contribution >= 0.6 is 11.3 Å². The van der Waals surface area contributed by atoms with E-state index in [4.69, 9.17) is 4.42 Å². The first kappa shape index (κ1) is 30.4. The molecule has 2 aliphatic heterocycles. The van der Waals surface area contributed by atoms with E-state index in [2.05, 4.69) is 31.2 Å². The molecule has 0 spiro atoms. The van der Waals surface area contributed by atoms with Crippen molar-refractivity contribution in [1.82, 2.24) is 36.1 Å². The number of hydrogen-bond acceptors (Lipinski definition) is 9. The van der Waals surface area contributed by atoms with E-state index in [-0.39, 0.29) is 60.6 Å². The SMILES string of the molecule is CC(C)[C@@H]1NC(=O)CN(C(=O)[C@H]2CCCNC2)CCNC(=O)c2coc(n2)[C@H](Cc2ccccc2)NC(=O)c2csc1n2. The highest BCUT2D eigenvalue weighted by Crippen LogP contribution is 2.26. The van der Waals surface area contributed by atoms with Crippen molar-refractivity contribution in [2.24, 2.45) is 11.8 Å². The molecule has 1 saturated heterocycles. The van der Waals surface area contributed by atoms with Crippen molar-refractivity contribution in [2.75, 3.05) is 32.7 Å². The molecule has 228 valence electrons. The predicted octanol–water partition coefficient (Wildman–Crippen LogP) is 2.23. The highest BCUT2D eigenvalue weighted by atomic mass is 32.1. The number of oxazole rings is 1. The first-order valence-electron chi connectivity index (χ1n) is 14.6. The fourth-order valence-corrected chi connectivity index (χ4v) is 6.28. The molecule has 4 N–H and O–H groups in total. The highest BCUT2D eigenvalue weighted by molar-refractivity contribution is 7.09. The second kappa shape index (κ2) is 13.9. The van der Waals surface area contributed by atoms with Gasteiger partial charge < -0.3 is 30.6 Å². The topological polar surface area (TPSA) is 159 Å². The number of piperidine rings is 1. The number of carbonyl (C=O) groups excluding carboxylic acids is 4. The van der Waals surface area contributed by atoms with E-state index in [1.807, 2.05) is 44.2 Å². The molecule has 0 aliphatic carbocycles. The number of thiazole rings is 1. The maximum absolute atomic E-state index is 13.5. The summed E-state index contributed by atoms with van der Waals surface area (Å²) in [6.45, 7) is 5.43. The van der Waals surface area contributed by atoms with Crippen LogP contribution in [0.5, 0.6) is 0 Å². The summed E-state index contributed by atoms with van der Waals surface area (Å²) in [7, 11) is 0. The third kappa shape index (κ3) is 7.65. The second-order valence-corrected chi connectivity index (χ2v) is 12.1. The van der Waals surface area contributed by atoms with Gasteiger partial charge in [-0.3, -0.25) is 19.2 Å². The number of benzene rings is 1. The van der Waals surface area contributed by atoms with Crippen molar-refractivity contribution in [3.63, 3.8) is 0 Å². The number of nitrogens with zero attached hydrogens (tertiary/aromatic N) is 3. The Kier molecular flexibility index (Phi) is 9.82. The maximum Gasteiger partial charge on any atom is 0.273 e. The Hall–Kier alpha value is -4.10. The number of fused-ring (bicyclic) bond motifs is 4. The van der Waals surface area contributed by atoms with Crippen molar-refractivity contribution < 1.29 is 23.6 Å². The van der Waals surface area contributed by atoms with Crippen LogP contribution in [0.25, 0.3) is 0 Å². The molecular formula is C30H37N7O5S. The van der Waals surface area contributed by atoms with Gasteiger partial charge in [0.15, 0.2) is 5.69 Å². The molecule has 2 aromatic heterocycles. The molecule has 4 amide bonds. The van der Waals surface area contributed by atoms with Gasteiger partial charge in [-0.2, -0.15) is 0 Å².